The van der Waals surface area contributed by atoms with Crippen molar-refractivity contribution in [2.45, 2.75) is 44.8 Å². The molecule has 0 radical (unpaired) electrons. The van der Waals surface area contributed by atoms with Gasteiger partial charge in [0.25, 0.3) is 5.91 Å². The molecule has 0 spiro atoms. The van der Waals surface area contributed by atoms with Gasteiger partial charge >= 0.3 is 0 Å². The molecule has 8 heteroatoms. The largest absolute Gasteiger partial charge is 0.490 e. The summed E-state index contributed by atoms with van der Waals surface area (Å²) >= 11 is 1.41. The predicted molar refractivity (Wildman–Crippen MR) is 103 cm³/mol. The smallest absolute Gasteiger partial charge is 0.254 e. The van der Waals surface area contributed by atoms with Crippen LogP contribution in [-0.2, 0) is 14.3 Å². The third kappa shape index (κ3) is 4.51. The van der Waals surface area contributed by atoms with Gasteiger partial charge in [0, 0.05) is 25.2 Å². The van der Waals surface area contributed by atoms with Gasteiger partial charge in [-0.15, -0.1) is 0 Å². The average Bonchev–Trinajstić information content (AvgIpc) is 2.92. The Labute approximate surface area is 162 Å². The molecule has 7 nitrogen and oxygen atoms in total. The maximum Gasteiger partial charge on any atom is 0.254 e. The summed E-state index contributed by atoms with van der Waals surface area (Å²) in [5.41, 5.74) is 0.781. The number of nitrogens with zero attached hydrogens (tertiary/aromatic N) is 1. The number of carbonyl (C=O) groups excluding carboxylic acids is 1. The highest BCUT2D eigenvalue weighted by Gasteiger charge is 2.20. The van der Waals surface area contributed by atoms with Crippen LogP contribution in [0.2, 0.25) is 0 Å². The van der Waals surface area contributed by atoms with Gasteiger partial charge in [0.15, 0.2) is 16.6 Å². The summed E-state index contributed by atoms with van der Waals surface area (Å²) in [6, 6.07) is 3.78. The van der Waals surface area contributed by atoms with Gasteiger partial charge in [0.1, 0.15) is 6.10 Å². The predicted octanol–water partition coefficient (Wildman–Crippen LogP) is 3.37. The molecule has 146 valence electrons. The van der Waals surface area contributed by atoms with E-state index in [2.05, 4.69) is 10.3 Å². The van der Waals surface area contributed by atoms with Gasteiger partial charge < -0.3 is 18.9 Å². The molecule has 3 heterocycles. The lowest BCUT2D eigenvalue weighted by Crippen LogP contribution is -2.32. The van der Waals surface area contributed by atoms with Crippen molar-refractivity contribution in [2.75, 3.05) is 31.7 Å². The van der Waals surface area contributed by atoms with Crippen molar-refractivity contribution in [3.8, 4) is 11.5 Å². The van der Waals surface area contributed by atoms with Crippen molar-refractivity contribution in [3.63, 3.8) is 0 Å². The summed E-state index contributed by atoms with van der Waals surface area (Å²) in [4.78, 5) is 16.9. The molecule has 1 fully saturated rings. The standard InChI is InChI=1S/C19H24N2O5S/c1-12(26-11-13-5-2-3-6-23-13)18(22)21-19-20-14-9-15-16(10-17(14)27-19)25-8-4-7-24-15/h9-10,12-13H,2-8,11H2,1H3,(H,20,21,22). The van der Waals surface area contributed by atoms with Crippen LogP contribution in [0, 0.1) is 0 Å². The second-order valence-electron chi connectivity index (χ2n) is 6.79. The number of anilines is 1. The van der Waals surface area contributed by atoms with E-state index in [-0.39, 0.29) is 12.0 Å². The van der Waals surface area contributed by atoms with Crippen LogP contribution in [0.1, 0.15) is 32.6 Å². The topological polar surface area (TPSA) is 78.9 Å². The number of hydrogen-bond donors (Lipinski definition) is 1. The minimum atomic E-state index is -0.564. The summed E-state index contributed by atoms with van der Waals surface area (Å²) in [6.07, 6.45) is 3.63. The van der Waals surface area contributed by atoms with E-state index >= 15 is 0 Å². The molecular formula is C19H24N2O5S. The number of thiazole rings is 1. The first-order valence-corrected chi connectivity index (χ1v) is 10.2. The number of carbonyl (C=O) groups is 1. The molecule has 0 saturated carbocycles. The number of benzene rings is 1. The zero-order valence-corrected chi connectivity index (χ0v) is 16.2. The molecule has 1 amide bonds. The van der Waals surface area contributed by atoms with Crippen molar-refractivity contribution in [2.24, 2.45) is 0 Å². The van der Waals surface area contributed by atoms with Gasteiger partial charge in [-0.2, -0.15) is 0 Å². The second kappa shape index (κ2) is 8.41. The number of rotatable bonds is 5. The SMILES string of the molecule is CC(OCC1CCCCO1)C(=O)Nc1nc2cc3c(cc2s1)OCCCO3. The zero-order valence-electron chi connectivity index (χ0n) is 15.4. The van der Waals surface area contributed by atoms with E-state index in [1.165, 1.54) is 11.3 Å². The van der Waals surface area contributed by atoms with Gasteiger partial charge in [-0.1, -0.05) is 11.3 Å². The number of ether oxygens (including phenoxy) is 4. The zero-order chi connectivity index (χ0) is 18.6. The van der Waals surface area contributed by atoms with Gasteiger partial charge in [0.2, 0.25) is 0 Å². The third-order valence-electron chi connectivity index (χ3n) is 4.66. The van der Waals surface area contributed by atoms with Crippen LogP contribution in [0.25, 0.3) is 10.2 Å². The van der Waals surface area contributed by atoms with Crippen LogP contribution >= 0.6 is 11.3 Å². The quantitative estimate of drug-likeness (QED) is 0.840. The molecule has 2 aromatic rings. The van der Waals surface area contributed by atoms with Crippen LogP contribution in [0.15, 0.2) is 12.1 Å². The van der Waals surface area contributed by atoms with E-state index in [0.29, 0.717) is 30.7 Å². The Hall–Kier alpha value is -1.90. The number of hydrogen-bond acceptors (Lipinski definition) is 7. The highest BCUT2D eigenvalue weighted by atomic mass is 32.1. The first kappa shape index (κ1) is 18.5. The molecule has 4 rings (SSSR count). The molecule has 1 aromatic heterocycles. The Kier molecular flexibility index (Phi) is 5.75. The van der Waals surface area contributed by atoms with E-state index in [1.54, 1.807) is 6.92 Å². The van der Waals surface area contributed by atoms with Crippen molar-refractivity contribution >= 4 is 32.6 Å². The van der Waals surface area contributed by atoms with E-state index < -0.39 is 6.10 Å². The molecule has 2 aliphatic heterocycles. The molecule has 1 saturated heterocycles. The lowest BCUT2D eigenvalue weighted by atomic mass is 10.1. The van der Waals surface area contributed by atoms with Gasteiger partial charge in [-0.25, -0.2) is 4.98 Å². The van der Waals surface area contributed by atoms with E-state index in [0.717, 1.165) is 48.3 Å². The number of aromatic nitrogens is 1. The Morgan fingerprint density at radius 1 is 1.26 bits per heavy atom. The lowest BCUT2D eigenvalue weighted by molar-refractivity contribution is -0.130. The molecule has 2 aliphatic rings. The summed E-state index contributed by atoms with van der Waals surface area (Å²) in [5, 5.41) is 3.38. The third-order valence-corrected chi connectivity index (χ3v) is 5.60. The molecule has 0 bridgehead atoms. The molecule has 1 N–H and O–H groups in total. The summed E-state index contributed by atoms with van der Waals surface area (Å²) < 4.78 is 23.7. The molecule has 2 unspecified atom stereocenters. The average molecular weight is 392 g/mol. The highest BCUT2D eigenvalue weighted by molar-refractivity contribution is 7.22. The number of amides is 1. The molecular weight excluding hydrogens is 368 g/mol. The Balaban J connectivity index is 1.38. The summed E-state index contributed by atoms with van der Waals surface area (Å²) in [6.45, 7) is 4.23. The number of fused-ring (bicyclic) bond motifs is 2. The Bertz CT molecular complexity index is 760. The van der Waals surface area contributed by atoms with Gasteiger partial charge in [-0.3, -0.25) is 10.1 Å². The second-order valence-corrected chi connectivity index (χ2v) is 7.82. The van der Waals surface area contributed by atoms with Crippen LogP contribution in [0.5, 0.6) is 11.5 Å². The normalized spacial score (nSPS) is 20.9. The van der Waals surface area contributed by atoms with Crippen LogP contribution in [-0.4, -0.2) is 49.5 Å². The maximum atomic E-state index is 12.4. The fourth-order valence-electron chi connectivity index (χ4n) is 3.11. The summed E-state index contributed by atoms with van der Waals surface area (Å²) in [5.74, 6) is 1.22. The van der Waals surface area contributed by atoms with Crippen molar-refractivity contribution < 1.29 is 23.7 Å². The maximum absolute atomic E-state index is 12.4. The van der Waals surface area contributed by atoms with Gasteiger partial charge in [0.05, 0.1) is 36.1 Å². The fourth-order valence-corrected chi connectivity index (χ4v) is 3.99. The monoisotopic (exact) mass is 392 g/mol. The Morgan fingerprint density at radius 2 is 2.07 bits per heavy atom. The van der Waals surface area contributed by atoms with Crippen molar-refractivity contribution in [1.82, 2.24) is 4.98 Å². The molecule has 2 atom stereocenters. The van der Waals surface area contributed by atoms with Crippen LogP contribution < -0.4 is 14.8 Å². The molecule has 0 aliphatic carbocycles. The fraction of sp³-hybridized carbons (Fsp3) is 0.579. The van der Waals surface area contributed by atoms with E-state index in [4.69, 9.17) is 18.9 Å². The number of nitrogens with one attached hydrogen (secondary N) is 1. The molecule has 1 aromatic carbocycles. The van der Waals surface area contributed by atoms with E-state index in [9.17, 15) is 4.79 Å². The van der Waals surface area contributed by atoms with Crippen LogP contribution in [0.4, 0.5) is 5.13 Å². The summed E-state index contributed by atoms with van der Waals surface area (Å²) in [7, 11) is 0. The highest BCUT2D eigenvalue weighted by Crippen LogP contribution is 2.37. The van der Waals surface area contributed by atoms with Crippen molar-refractivity contribution in [1.29, 1.82) is 0 Å². The molecule has 27 heavy (non-hydrogen) atoms. The first-order valence-electron chi connectivity index (χ1n) is 9.43. The minimum Gasteiger partial charge on any atom is -0.490 e. The van der Waals surface area contributed by atoms with Crippen molar-refractivity contribution in [3.05, 3.63) is 12.1 Å². The minimum absolute atomic E-state index is 0.0897. The van der Waals surface area contributed by atoms with E-state index in [1.807, 2.05) is 12.1 Å². The van der Waals surface area contributed by atoms with Crippen LogP contribution in [0.3, 0.4) is 0 Å². The first-order chi connectivity index (χ1) is 13.2. The van der Waals surface area contributed by atoms with Gasteiger partial charge in [-0.05, 0) is 26.2 Å². The Morgan fingerprint density at radius 3 is 2.85 bits per heavy atom. The lowest BCUT2D eigenvalue weighted by Gasteiger charge is -2.23.